The molecule has 2 amide bonds. The number of rotatable bonds is 4. The highest BCUT2D eigenvalue weighted by molar-refractivity contribution is 5.73. The van der Waals surface area contributed by atoms with Crippen molar-refractivity contribution in [2.45, 2.75) is 51.5 Å². The summed E-state index contributed by atoms with van der Waals surface area (Å²) < 4.78 is 22.0. The first-order chi connectivity index (χ1) is 9.26. The monoisotopic (exact) mass is 288 g/mol. The number of hydrogen-bond donors (Lipinski definition) is 2. The van der Waals surface area contributed by atoms with Crippen LogP contribution in [-0.4, -0.2) is 56.1 Å². The van der Waals surface area contributed by atoms with E-state index in [2.05, 4.69) is 10.6 Å². The fourth-order valence-electron chi connectivity index (χ4n) is 2.20. The van der Waals surface area contributed by atoms with Crippen LogP contribution in [0.25, 0.3) is 0 Å². The van der Waals surface area contributed by atoms with Crippen molar-refractivity contribution in [2.75, 3.05) is 26.3 Å². The summed E-state index contributed by atoms with van der Waals surface area (Å²) in [7, 11) is 0. The summed E-state index contributed by atoms with van der Waals surface area (Å²) >= 11 is 0. The molecular formula is C13H24N2O5. The predicted octanol–water partition coefficient (Wildman–Crippen LogP) is 0.589. The van der Waals surface area contributed by atoms with Gasteiger partial charge in [-0.25, -0.2) is 4.79 Å². The SMILES string of the molecule is CC1(C)OC[C@@H](CNC(=O)NC[C@@H]2COC(C)(C)O2)O1. The first kappa shape index (κ1) is 15.5. The molecule has 0 aromatic carbocycles. The third kappa shape index (κ3) is 4.59. The first-order valence-electron chi connectivity index (χ1n) is 6.91. The van der Waals surface area contributed by atoms with Crippen molar-refractivity contribution in [3.8, 4) is 0 Å². The Balaban J connectivity index is 1.59. The molecule has 2 heterocycles. The predicted molar refractivity (Wildman–Crippen MR) is 71.2 cm³/mol. The Morgan fingerprint density at radius 1 is 0.950 bits per heavy atom. The molecule has 0 saturated carbocycles. The van der Waals surface area contributed by atoms with Gasteiger partial charge in [0, 0.05) is 13.1 Å². The smallest absolute Gasteiger partial charge is 0.314 e. The van der Waals surface area contributed by atoms with E-state index in [1.165, 1.54) is 0 Å². The van der Waals surface area contributed by atoms with Gasteiger partial charge in [0.25, 0.3) is 0 Å². The van der Waals surface area contributed by atoms with Gasteiger partial charge in [0.05, 0.1) is 13.2 Å². The summed E-state index contributed by atoms with van der Waals surface area (Å²) in [6.07, 6.45) is -0.221. The first-order valence-corrected chi connectivity index (χ1v) is 6.91. The van der Waals surface area contributed by atoms with E-state index in [0.29, 0.717) is 26.3 Å². The standard InChI is InChI=1S/C13H24N2O5/c1-12(2)17-7-9(19-12)5-14-11(16)15-6-10-8-18-13(3,4)20-10/h9-10H,5-8H2,1-4H3,(H2,14,15,16)/t9-,10-/m1/s1. The highest BCUT2D eigenvalue weighted by Crippen LogP contribution is 2.22. The summed E-state index contributed by atoms with van der Waals surface area (Å²) in [6, 6.07) is -0.244. The normalized spacial score (nSPS) is 31.2. The van der Waals surface area contributed by atoms with Crippen LogP contribution in [-0.2, 0) is 18.9 Å². The zero-order chi connectivity index (χ0) is 14.8. The molecule has 7 heteroatoms. The van der Waals surface area contributed by atoms with Gasteiger partial charge in [-0.05, 0) is 27.7 Å². The lowest BCUT2D eigenvalue weighted by Crippen LogP contribution is -2.43. The lowest BCUT2D eigenvalue weighted by molar-refractivity contribution is -0.137. The van der Waals surface area contributed by atoms with Crippen LogP contribution in [0.2, 0.25) is 0 Å². The van der Waals surface area contributed by atoms with Crippen molar-refractivity contribution in [3.63, 3.8) is 0 Å². The van der Waals surface area contributed by atoms with Crippen LogP contribution in [0.15, 0.2) is 0 Å². The molecule has 2 rings (SSSR count). The maximum absolute atomic E-state index is 11.7. The summed E-state index contributed by atoms with van der Waals surface area (Å²) in [5.74, 6) is -1.13. The zero-order valence-corrected chi connectivity index (χ0v) is 12.5. The van der Waals surface area contributed by atoms with Gasteiger partial charge in [0.15, 0.2) is 11.6 Å². The average molecular weight is 288 g/mol. The van der Waals surface area contributed by atoms with Gasteiger partial charge in [-0.2, -0.15) is 0 Å². The van der Waals surface area contributed by atoms with E-state index in [-0.39, 0.29) is 18.2 Å². The third-order valence-electron chi connectivity index (χ3n) is 3.12. The molecule has 2 aliphatic rings. The Labute approximate surface area is 119 Å². The van der Waals surface area contributed by atoms with Crippen molar-refractivity contribution in [1.82, 2.24) is 10.6 Å². The van der Waals surface area contributed by atoms with Gasteiger partial charge >= 0.3 is 6.03 Å². The van der Waals surface area contributed by atoms with Gasteiger partial charge < -0.3 is 29.6 Å². The van der Waals surface area contributed by atoms with E-state index in [1.807, 2.05) is 27.7 Å². The molecule has 2 N–H and O–H groups in total. The molecule has 2 atom stereocenters. The van der Waals surface area contributed by atoms with E-state index in [0.717, 1.165) is 0 Å². The highest BCUT2D eigenvalue weighted by Gasteiger charge is 2.34. The van der Waals surface area contributed by atoms with Crippen molar-refractivity contribution in [1.29, 1.82) is 0 Å². The molecule has 0 spiro atoms. The van der Waals surface area contributed by atoms with Gasteiger partial charge in [0.1, 0.15) is 12.2 Å². The lowest BCUT2D eigenvalue weighted by atomic mass is 10.3. The van der Waals surface area contributed by atoms with Gasteiger partial charge in [-0.1, -0.05) is 0 Å². The second kappa shape index (κ2) is 5.85. The highest BCUT2D eigenvalue weighted by atomic mass is 16.7. The van der Waals surface area contributed by atoms with Gasteiger partial charge in [-0.3, -0.25) is 0 Å². The Morgan fingerprint density at radius 2 is 1.35 bits per heavy atom. The molecule has 0 radical (unpaired) electrons. The number of carbonyl (C=O) groups is 1. The Morgan fingerprint density at radius 3 is 1.65 bits per heavy atom. The lowest BCUT2D eigenvalue weighted by Gasteiger charge is -2.18. The van der Waals surface area contributed by atoms with E-state index >= 15 is 0 Å². The number of urea groups is 1. The molecule has 2 saturated heterocycles. The van der Waals surface area contributed by atoms with E-state index in [9.17, 15) is 4.79 Å². The third-order valence-corrected chi connectivity index (χ3v) is 3.12. The number of nitrogens with one attached hydrogen (secondary N) is 2. The minimum absolute atomic E-state index is 0.110. The van der Waals surface area contributed by atoms with Crippen LogP contribution in [0.5, 0.6) is 0 Å². The fraction of sp³-hybridized carbons (Fsp3) is 0.923. The molecular weight excluding hydrogens is 264 g/mol. The number of amides is 2. The number of hydrogen-bond acceptors (Lipinski definition) is 5. The molecule has 0 aromatic heterocycles. The molecule has 0 aliphatic carbocycles. The molecule has 20 heavy (non-hydrogen) atoms. The van der Waals surface area contributed by atoms with Gasteiger partial charge in [-0.15, -0.1) is 0 Å². The minimum atomic E-state index is -0.566. The second-order valence-corrected chi connectivity index (χ2v) is 5.99. The second-order valence-electron chi connectivity index (χ2n) is 5.99. The largest absolute Gasteiger partial charge is 0.348 e. The molecule has 2 fully saturated rings. The fourth-order valence-corrected chi connectivity index (χ4v) is 2.20. The molecule has 0 bridgehead atoms. The van der Waals surface area contributed by atoms with Crippen LogP contribution in [0.4, 0.5) is 4.79 Å². The summed E-state index contributed by atoms with van der Waals surface area (Å²) in [5.41, 5.74) is 0. The summed E-state index contributed by atoms with van der Waals surface area (Å²) in [6.45, 7) is 9.23. The molecule has 7 nitrogen and oxygen atoms in total. The van der Waals surface area contributed by atoms with Crippen LogP contribution < -0.4 is 10.6 Å². The van der Waals surface area contributed by atoms with E-state index in [1.54, 1.807) is 0 Å². The summed E-state index contributed by atoms with van der Waals surface area (Å²) in [4.78, 5) is 11.7. The van der Waals surface area contributed by atoms with Crippen LogP contribution in [0.1, 0.15) is 27.7 Å². The maximum Gasteiger partial charge on any atom is 0.314 e. The Bertz CT molecular complexity index is 327. The van der Waals surface area contributed by atoms with Gasteiger partial charge in [0.2, 0.25) is 0 Å². The van der Waals surface area contributed by atoms with Crippen molar-refractivity contribution >= 4 is 6.03 Å². The van der Waals surface area contributed by atoms with Crippen molar-refractivity contribution in [2.24, 2.45) is 0 Å². The van der Waals surface area contributed by atoms with Crippen molar-refractivity contribution < 1.29 is 23.7 Å². The van der Waals surface area contributed by atoms with Crippen LogP contribution >= 0.6 is 0 Å². The summed E-state index contributed by atoms with van der Waals surface area (Å²) in [5, 5.41) is 5.51. The van der Waals surface area contributed by atoms with Crippen LogP contribution in [0, 0.1) is 0 Å². The number of ether oxygens (including phenoxy) is 4. The van der Waals surface area contributed by atoms with E-state index in [4.69, 9.17) is 18.9 Å². The molecule has 116 valence electrons. The quantitative estimate of drug-likeness (QED) is 0.791. The molecule has 0 unspecified atom stereocenters. The van der Waals surface area contributed by atoms with Crippen LogP contribution in [0.3, 0.4) is 0 Å². The zero-order valence-electron chi connectivity index (χ0n) is 12.5. The van der Waals surface area contributed by atoms with Crippen molar-refractivity contribution in [3.05, 3.63) is 0 Å². The Kier molecular flexibility index (Phi) is 4.53. The number of carbonyl (C=O) groups excluding carboxylic acids is 1. The Hall–Kier alpha value is -0.890. The molecule has 0 aromatic rings. The minimum Gasteiger partial charge on any atom is -0.348 e. The average Bonchev–Trinajstić information content (AvgIpc) is 2.86. The molecule has 2 aliphatic heterocycles. The topological polar surface area (TPSA) is 78.1 Å². The van der Waals surface area contributed by atoms with E-state index < -0.39 is 11.6 Å². The maximum atomic E-state index is 11.7.